The van der Waals surface area contributed by atoms with Crippen molar-refractivity contribution in [2.24, 2.45) is 11.8 Å². The van der Waals surface area contributed by atoms with Crippen LogP contribution in [0.2, 0.25) is 0 Å². The molecular formula is C15H26N2O2. The van der Waals surface area contributed by atoms with Crippen molar-refractivity contribution in [3.8, 4) is 0 Å². The van der Waals surface area contributed by atoms with Gasteiger partial charge in [-0.05, 0) is 31.6 Å². The summed E-state index contributed by atoms with van der Waals surface area (Å²) in [6.45, 7) is 7.54. The summed E-state index contributed by atoms with van der Waals surface area (Å²) in [5.41, 5.74) is 0. The SMILES string of the molecule is CC(C)CN1C[C@@H]2C[C@@H](C(=O)NC3CCC3)[C@H](C1)O2. The van der Waals surface area contributed by atoms with Gasteiger partial charge in [-0.2, -0.15) is 0 Å². The lowest BCUT2D eigenvalue weighted by atomic mass is 9.91. The Balaban J connectivity index is 1.55. The van der Waals surface area contributed by atoms with Crippen LogP contribution in [0.5, 0.6) is 0 Å². The largest absolute Gasteiger partial charge is 0.371 e. The molecule has 1 N–H and O–H groups in total. The molecule has 1 amide bonds. The highest BCUT2D eigenvalue weighted by Crippen LogP contribution is 2.33. The molecule has 2 saturated heterocycles. The second kappa shape index (κ2) is 5.41. The summed E-state index contributed by atoms with van der Waals surface area (Å²) in [5.74, 6) is 1.01. The molecule has 0 aromatic heterocycles. The number of hydrogen-bond acceptors (Lipinski definition) is 3. The van der Waals surface area contributed by atoms with Crippen LogP contribution in [0.4, 0.5) is 0 Å². The van der Waals surface area contributed by atoms with Crippen LogP contribution >= 0.6 is 0 Å². The Labute approximate surface area is 115 Å². The Morgan fingerprint density at radius 2 is 2.16 bits per heavy atom. The number of hydrogen-bond donors (Lipinski definition) is 1. The Kier molecular flexibility index (Phi) is 3.81. The molecule has 0 aromatic carbocycles. The number of amides is 1. The molecule has 0 aromatic rings. The molecular weight excluding hydrogens is 240 g/mol. The van der Waals surface area contributed by atoms with Gasteiger partial charge >= 0.3 is 0 Å². The van der Waals surface area contributed by atoms with Crippen molar-refractivity contribution in [2.45, 2.75) is 57.8 Å². The highest BCUT2D eigenvalue weighted by Gasteiger charge is 2.45. The van der Waals surface area contributed by atoms with E-state index in [1.165, 1.54) is 6.42 Å². The standard InChI is InChI=1S/C15H26N2O2/c1-10(2)7-17-8-12-6-13(14(9-17)19-12)15(18)16-11-4-3-5-11/h10-14H,3-9H2,1-2H3,(H,16,18)/t12-,13+,14-/m0/s1. The van der Waals surface area contributed by atoms with E-state index in [1.807, 2.05) is 0 Å². The van der Waals surface area contributed by atoms with Crippen LogP contribution in [-0.2, 0) is 9.53 Å². The number of morpholine rings is 1. The van der Waals surface area contributed by atoms with Gasteiger partial charge in [-0.15, -0.1) is 0 Å². The first-order valence-electron chi connectivity index (χ1n) is 7.80. The maximum absolute atomic E-state index is 12.3. The Morgan fingerprint density at radius 1 is 1.37 bits per heavy atom. The van der Waals surface area contributed by atoms with Crippen LogP contribution in [-0.4, -0.2) is 48.7 Å². The highest BCUT2D eigenvalue weighted by atomic mass is 16.5. The monoisotopic (exact) mass is 266 g/mol. The quantitative estimate of drug-likeness (QED) is 0.836. The highest BCUT2D eigenvalue weighted by molar-refractivity contribution is 5.80. The summed E-state index contributed by atoms with van der Waals surface area (Å²) in [5, 5.41) is 3.19. The molecule has 1 aliphatic carbocycles. The number of nitrogens with zero attached hydrogens (tertiary/aromatic N) is 1. The second-order valence-corrected chi connectivity index (χ2v) is 6.89. The lowest BCUT2D eigenvalue weighted by Crippen LogP contribution is -2.48. The molecule has 0 radical (unpaired) electrons. The summed E-state index contributed by atoms with van der Waals surface area (Å²) in [7, 11) is 0. The number of nitrogens with one attached hydrogen (secondary N) is 1. The van der Waals surface area contributed by atoms with E-state index in [1.54, 1.807) is 0 Å². The van der Waals surface area contributed by atoms with E-state index in [-0.39, 0.29) is 24.0 Å². The minimum absolute atomic E-state index is 0.0859. The molecule has 4 nitrogen and oxygen atoms in total. The zero-order valence-corrected chi connectivity index (χ0v) is 12.1. The topological polar surface area (TPSA) is 41.6 Å². The van der Waals surface area contributed by atoms with E-state index in [0.717, 1.165) is 38.9 Å². The van der Waals surface area contributed by atoms with Gasteiger partial charge in [-0.1, -0.05) is 13.8 Å². The van der Waals surface area contributed by atoms with E-state index < -0.39 is 0 Å². The van der Waals surface area contributed by atoms with Gasteiger partial charge in [0.25, 0.3) is 0 Å². The van der Waals surface area contributed by atoms with E-state index in [2.05, 4.69) is 24.1 Å². The molecule has 2 bridgehead atoms. The van der Waals surface area contributed by atoms with Crippen LogP contribution in [0.1, 0.15) is 39.5 Å². The van der Waals surface area contributed by atoms with Crippen molar-refractivity contribution in [1.82, 2.24) is 10.2 Å². The number of ether oxygens (including phenoxy) is 1. The Morgan fingerprint density at radius 3 is 2.79 bits per heavy atom. The molecule has 0 unspecified atom stereocenters. The summed E-state index contributed by atoms with van der Waals surface area (Å²) in [6.07, 6.45) is 4.89. The first kappa shape index (κ1) is 13.4. The van der Waals surface area contributed by atoms with Gasteiger partial charge in [0.1, 0.15) is 0 Å². The first-order chi connectivity index (χ1) is 9.11. The number of carbonyl (C=O) groups is 1. The van der Waals surface area contributed by atoms with Crippen molar-refractivity contribution < 1.29 is 9.53 Å². The lowest BCUT2D eigenvalue weighted by molar-refractivity contribution is -0.129. The van der Waals surface area contributed by atoms with Crippen molar-refractivity contribution in [2.75, 3.05) is 19.6 Å². The van der Waals surface area contributed by atoms with Gasteiger partial charge in [0, 0.05) is 25.7 Å². The third-order valence-electron chi connectivity index (χ3n) is 4.64. The molecule has 0 spiro atoms. The van der Waals surface area contributed by atoms with Crippen molar-refractivity contribution in [1.29, 1.82) is 0 Å². The summed E-state index contributed by atoms with van der Waals surface area (Å²) < 4.78 is 5.97. The molecule has 3 fully saturated rings. The van der Waals surface area contributed by atoms with Crippen molar-refractivity contribution in [3.63, 3.8) is 0 Å². The fourth-order valence-electron chi connectivity index (χ4n) is 3.54. The van der Waals surface area contributed by atoms with E-state index >= 15 is 0 Å². The maximum Gasteiger partial charge on any atom is 0.226 e. The van der Waals surface area contributed by atoms with Gasteiger partial charge in [-0.3, -0.25) is 9.69 Å². The zero-order valence-electron chi connectivity index (χ0n) is 12.1. The molecule has 3 aliphatic rings. The van der Waals surface area contributed by atoms with Gasteiger partial charge in [-0.25, -0.2) is 0 Å². The Bertz CT molecular complexity index is 341. The summed E-state index contributed by atoms with van der Waals surface area (Å²) in [4.78, 5) is 14.8. The predicted molar refractivity (Wildman–Crippen MR) is 73.8 cm³/mol. The third-order valence-corrected chi connectivity index (χ3v) is 4.64. The number of likely N-dealkylation sites (tertiary alicyclic amines) is 1. The van der Waals surface area contributed by atoms with Crippen LogP contribution in [0, 0.1) is 11.8 Å². The molecule has 1 saturated carbocycles. The van der Waals surface area contributed by atoms with E-state index in [0.29, 0.717) is 12.0 Å². The first-order valence-corrected chi connectivity index (χ1v) is 7.80. The maximum atomic E-state index is 12.3. The van der Waals surface area contributed by atoms with E-state index in [4.69, 9.17) is 4.74 Å². The molecule has 19 heavy (non-hydrogen) atoms. The Hall–Kier alpha value is -0.610. The van der Waals surface area contributed by atoms with Gasteiger partial charge in [0.05, 0.1) is 18.1 Å². The van der Waals surface area contributed by atoms with Crippen LogP contribution in [0.15, 0.2) is 0 Å². The van der Waals surface area contributed by atoms with Crippen molar-refractivity contribution in [3.05, 3.63) is 0 Å². The minimum Gasteiger partial charge on any atom is -0.371 e. The van der Waals surface area contributed by atoms with Crippen molar-refractivity contribution >= 4 is 5.91 Å². The second-order valence-electron chi connectivity index (χ2n) is 6.89. The smallest absolute Gasteiger partial charge is 0.226 e. The van der Waals surface area contributed by atoms with Gasteiger partial charge < -0.3 is 10.1 Å². The van der Waals surface area contributed by atoms with Crippen LogP contribution in [0.25, 0.3) is 0 Å². The molecule has 4 heteroatoms. The normalized spacial score (nSPS) is 35.4. The number of rotatable bonds is 4. The lowest BCUT2D eigenvalue weighted by Gasteiger charge is -2.34. The summed E-state index contributed by atoms with van der Waals surface area (Å²) in [6, 6.07) is 0.444. The zero-order chi connectivity index (χ0) is 13.4. The van der Waals surface area contributed by atoms with Crippen LogP contribution < -0.4 is 5.32 Å². The molecule has 2 aliphatic heterocycles. The number of carbonyl (C=O) groups excluding carboxylic acids is 1. The van der Waals surface area contributed by atoms with Gasteiger partial charge in [0.15, 0.2) is 0 Å². The fraction of sp³-hybridized carbons (Fsp3) is 0.933. The average Bonchev–Trinajstić information content (AvgIpc) is 2.58. The molecule has 108 valence electrons. The third kappa shape index (κ3) is 2.95. The molecule has 3 atom stereocenters. The number of fused-ring (bicyclic) bond motifs is 2. The predicted octanol–water partition coefficient (Wildman–Crippen LogP) is 1.40. The van der Waals surface area contributed by atoms with E-state index in [9.17, 15) is 4.79 Å². The molecule has 2 heterocycles. The minimum atomic E-state index is 0.0859. The summed E-state index contributed by atoms with van der Waals surface area (Å²) >= 11 is 0. The average molecular weight is 266 g/mol. The van der Waals surface area contributed by atoms with Gasteiger partial charge in [0.2, 0.25) is 5.91 Å². The molecule has 3 rings (SSSR count). The fourth-order valence-corrected chi connectivity index (χ4v) is 3.54. The van der Waals surface area contributed by atoms with Crippen LogP contribution in [0.3, 0.4) is 0 Å².